The van der Waals surface area contributed by atoms with Gasteiger partial charge in [-0.1, -0.05) is 0 Å². The molecule has 2 aromatic heterocycles. The van der Waals surface area contributed by atoms with Crippen LogP contribution in [0.15, 0.2) is 30.9 Å². The molecule has 0 saturated heterocycles. The molecule has 0 aromatic carbocycles. The fraction of sp³-hybridized carbons (Fsp3) is 0.200. The zero-order valence-corrected chi connectivity index (χ0v) is 9.26. The fourth-order valence-corrected chi connectivity index (χ4v) is 1.25. The van der Waals surface area contributed by atoms with Gasteiger partial charge in [-0.3, -0.25) is 4.84 Å². The van der Waals surface area contributed by atoms with E-state index in [-0.39, 0.29) is 6.61 Å². The Labute approximate surface area is 102 Å². The largest absolute Gasteiger partial charge is 0.534 e. The molecule has 2 heterocycles. The number of imidazole rings is 1. The summed E-state index contributed by atoms with van der Waals surface area (Å²) in [6.45, 7) is 0.511. The van der Waals surface area contributed by atoms with E-state index in [1.165, 1.54) is 12.1 Å². The van der Waals surface area contributed by atoms with Gasteiger partial charge in [0.15, 0.2) is 0 Å². The Balaban J connectivity index is 1.79. The van der Waals surface area contributed by atoms with Crippen LogP contribution < -0.4 is 4.84 Å². The Morgan fingerprint density at radius 2 is 2.06 bits per heavy atom. The van der Waals surface area contributed by atoms with Crippen LogP contribution in [0.5, 0.6) is 11.8 Å². The summed E-state index contributed by atoms with van der Waals surface area (Å²) in [4.78, 5) is 19.6. The van der Waals surface area contributed by atoms with Crippen LogP contribution >= 0.6 is 0 Å². The van der Waals surface area contributed by atoms with E-state index in [1.54, 1.807) is 23.3 Å². The lowest BCUT2D eigenvalue weighted by atomic mass is 10.6. The number of ether oxygens (including phenoxy) is 1. The molecular weight excluding hydrogens is 242 g/mol. The number of hydrogen-bond acceptors (Lipinski definition) is 6. The minimum atomic E-state index is -1.03. The molecule has 0 spiro atoms. The summed E-state index contributed by atoms with van der Waals surface area (Å²) in [6.07, 6.45) is 3.88. The molecule has 96 valence electrons. The quantitative estimate of drug-likeness (QED) is 0.763. The molecule has 0 aliphatic carbocycles. The highest BCUT2D eigenvalue weighted by Gasteiger charge is 2.12. The van der Waals surface area contributed by atoms with Gasteiger partial charge < -0.3 is 19.5 Å². The summed E-state index contributed by atoms with van der Waals surface area (Å²) in [5.74, 6) is -0.807. The molecule has 8 heteroatoms. The third-order valence-electron chi connectivity index (χ3n) is 2.09. The average molecular weight is 253 g/mol. The van der Waals surface area contributed by atoms with E-state index in [0.29, 0.717) is 11.3 Å². The minimum Gasteiger partial charge on any atom is -0.492 e. The summed E-state index contributed by atoms with van der Waals surface area (Å²) >= 11 is 0. The number of carbonyl (C=O) groups excluding carboxylic acids is 1. The smallest absolute Gasteiger partial charge is 0.492 e. The first-order valence-corrected chi connectivity index (χ1v) is 5.07. The van der Waals surface area contributed by atoms with Crippen molar-refractivity contribution in [3.05, 3.63) is 30.9 Å². The van der Waals surface area contributed by atoms with Crippen LogP contribution in [0.4, 0.5) is 4.79 Å². The maximum Gasteiger partial charge on any atom is 0.534 e. The Morgan fingerprint density at radius 3 is 2.67 bits per heavy atom. The molecule has 0 bridgehead atoms. The van der Waals surface area contributed by atoms with Gasteiger partial charge in [0.25, 0.3) is 0 Å². The SMILES string of the molecule is O=C(OCCn1ccnc1)On1c(O)ccc1O. The van der Waals surface area contributed by atoms with Gasteiger partial charge in [-0.05, 0) is 0 Å². The summed E-state index contributed by atoms with van der Waals surface area (Å²) in [6, 6.07) is 2.35. The van der Waals surface area contributed by atoms with Crippen LogP contribution in [-0.2, 0) is 11.3 Å². The normalized spacial score (nSPS) is 10.2. The summed E-state index contributed by atoms with van der Waals surface area (Å²) in [5, 5.41) is 18.4. The van der Waals surface area contributed by atoms with Crippen LogP contribution in [0.25, 0.3) is 0 Å². The number of aromatic hydroxyl groups is 2. The predicted molar refractivity (Wildman–Crippen MR) is 57.9 cm³/mol. The van der Waals surface area contributed by atoms with Crippen LogP contribution in [0.2, 0.25) is 0 Å². The number of hydrogen-bond donors (Lipinski definition) is 2. The molecule has 2 N–H and O–H groups in total. The van der Waals surface area contributed by atoms with Gasteiger partial charge >= 0.3 is 6.16 Å². The van der Waals surface area contributed by atoms with E-state index in [9.17, 15) is 15.0 Å². The standard InChI is InChI=1S/C10H11N3O5/c14-8-1-2-9(15)13(8)18-10(16)17-6-5-12-4-3-11-7-12/h1-4,7,14-15H,5-6H2. The van der Waals surface area contributed by atoms with E-state index in [2.05, 4.69) is 9.82 Å². The van der Waals surface area contributed by atoms with Gasteiger partial charge in [-0.25, -0.2) is 9.78 Å². The Hall–Kier alpha value is -2.64. The first-order valence-electron chi connectivity index (χ1n) is 5.07. The second kappa shape index (κ2) is 5.13. The summed E-state index contributed by atoms with van der Waals surface area (Å²) < 4.78 is 7.02. The maximum absolute atomic E-state index is 11.2. The highest BCUT2D eigenvalue weighted by atomic mass is 16.8. The van der Waals surface area contributed by atoms with Crippen LogP contribution in [-0.4, -0.2) is 37.3 Å². The maximum atomic E-state index is 11.2. The third kappa shape index (κ3) is 2.73. The molecule has 0 aliphatic heterocycles. The van der Waals surface area contributed by atoms with Crippen molar-refractivity contribution in [2.75, 3.05) is 6.61 Å². The number of rotatable bonds is 4. The van der Waals surface area contributed by atoms with Crippen molar-refractivity contribution in [3.8, 4) is 11.8 Å². The molecule has 0 unspecified atom stereocenters. The van der Waals surface area contributed by atoms with Gasteiger partial charge in [-0.2, -0.15) is 0 Å². The lowest BCUT2D eigenvalue weighted by Crippen LogP contribution is -2.21. The topological polar surface area (TPSA) is 98.7 Å². The van der Waals surface area contributed by atoms with Crippen LogP contribution in [0, 0.1) is 0 Å². The molecule has 2 rings (SSSR count). The Bertz CT molecular complexity index is 500. The fourth-order valence-electron chi connectivity index (χ4n) is 1.25. The molecule has 0 fully saturated rings. The number of carbonyl (C=O) groups is 1. The lowest BCUT2D eigenvalue weighted by molar-refractivity contribution is 0.0338. The van der Waals surface area contributed by atoms with Gasteiger partial charge in [0, 0.05) is 24.5 Å². The van der Waals surface area contributed by atoms with E-state index in [0.717, 1.165) is 0 Å². The van der Waals surface area contributed by atoms with Crippen molar-refractivity contribution in [2.45, 2.75) is 6.54 Å². The highest BCUT2D eigenvalue weighted by Crippen LogP contribution is 2.18. The zero-order chi connectivity index (χ0) is 13.0. The second-order valence-electron chi connectivity index (χ2n) is 3.33. The van der Waals surface area contributed by atoms with Gasteiger partial charge in [-0.15, -0.1) is 4.73 Å². The van der Waals surface area contributed by atoms with E-state index < -0.39 is 17.9 Å². The molecule has 2 aromatic rings. The molecular formula is C10H11N3O5. The van der Waals surface area contributed by atoms with Gasteiger partial charge in [0.05, 0.1) is 12.9 Å². The average Bonchev–Trinajstić information content (AvgIpc) is 2.94. The van der Waals surface area contributed by atoms with Crippen molar-refractivity contribution in [1.29, 1.82) is 0 Å². The van der Waals surface area contributed by atoms with Crippen molar-refractivity contribution in [3.63, 3.8) is 0 Å². The Morgan fingerprint density at radius 1 is 1.33 bits per heavy atom. The molecule has 0 radical (unpaired) electrons. The van der Waals surface area contributed by atoms with Crippen LogP contribution in [0.1, 0.15) is 0 Å². The molecule has 0 atom stereocenters. The second-order valence-corrected chi connectivity index (χ2v) is 3.33. The minimum absolute atomic E-state index is 0.0813. The van der Waals surface area contributed by atoms with Crippen molar-refractivity contribution >= 4 is 6.16 Å². The zero-order valence-electron chi connectivity index (χ0n) is 9.26. The monoisotopic (exact) mass is 253 g/mol. The van der Waals surface area contributed by atoms with Crippen LogP contribution in [0.3, 0.4) is 0 Å². The van der Waals surface area contributed by atoms with Gasteiger partial charge in [0.1, 0.15) is 6.61 Å². The molecule has 8 nitrogen and oxygen atoms in total. The Kier molecular flexibility index (Phi) is 3.37. The molecule has 0 amide bonds. The van der Waals surface area contributed by atoms with E-state index in [1.807, 2.05) is 0 Å². The predicted octanol–water partition coefficient (Wildman–Crippen LogP) is 0.361. The summed E-state index contributed by atoms with van der Waals surface area (Å²) in [7, 11) is 0. The van der Waals surface area contributed by atoms with Crippen molar-refractivity contribution in [1.82, 2.24) is 14.3 Å². The molecule has 0 aliphatic rings. The lowest BCUT2D eigenvalue weighted by Gasteiger charge is -2.07. The van der Waals surface area contributed by atoms with Gasteiger partial charge in [0.2, 0.25) is 11.8 Å². The van der Waals surface area contributed by atoms with Crippen molar-refractivity contribution < 1.29 is 24.6 Å². The van der Waals surface area contributed by atoms with Crippen molar-refractivity contribution in [2.24, 2.45) is 0 Å². The summed E-state index contributed by atoms with van der Waals surface area (Å²) in [5.41, 5.74) is 0. The van der Waals surface area contributed by atoms with E-state index in [4.69, 9.17) is 4.74 Å². The highest BCUT2D eigenvalue weighted by molar-refractivity contribution is 5.60. The van der Waals surface area contributed by atoms with E-state index >= 15 is 0 Å². The molecule has 0 saturated carbocycles. The first kappa shape index (κ1) is 11.8. The molecule has 18 heavy (non-hydrogen) atoms. The number of aromatic nitrogens is 3. The first-order chi connectivity index (χ1) is 8.66. The third-order valence-corrected chi connectivity index (χ3v) is 2.09. The number of nitrogens with zero attached hydrogens (tertiary/aromatic N) is 3.